The van der Waals surface area contributed by atoms with E-state index in [0.717, 1.165) is 89.9 Å². The van der Waals surface area contributed by atoms with E-state index in [1.54, 1.807) is 6.08 Å². The van der Waals surface area contributed by atoms with Gasteiger partial charge in [0.25, 0.3) is 7.82 Å². The van der Waals surface area contributed by atoms with Crippen molar-refractivity contribution in [3.8, 4) is 0 Å². The van der Waals surface area contributed by atoms with Crippen LogP contribution >= 0.6 is 7.82 Å². The second kappa shape index (κ2) is 51.6. The summed E-state index contributed by atoms with van der Waals surface area (Å²) in [5.74, 6) is -0.223. The number of hydrogen-bond acceptors (Lipinski definition) is 6. The number of carbonyl (C=O) groups excluding carboxylic acids is 1. The minimum atomic E-state index is -4.61. The van der Waals surface area contributed by atoms with E-state index >= 15 is 0 Å². The summed E-state index contributed by atoms with van der Waals surface area (Å²) in [6.07, 6.45) is 72.3. The largest absolute Gasteiger partial charge is 0.756 e. The van der Waals surface area contributed by atoms with Gasteiger partial charge in [-0.1, -0.05) is 253 Å². The summed E-state index contributed by atoms with van der Waals surface area (Å²) in [5, 5.41) is 13.9. The van der Waals surface area contributed by atoms with E-state index in [9.17, 15) is 19.4 Å². The molecule has 0 radical (unpaired) electrons. The summed E-state index contributed by atoms with van der Waals surface area (Å²) in [4.78, 5) is 25.5. The Balaban J connectivity index is 4.29. The molecule has 70 heavy (non-hydrogen) atoms. The molecule has 0 saturated carbocycles. The first kappa shape index (κ1) is 67.7. The first-order chi connectivity index (χ1) is 34.0. The number of likely N-dealkylation sites (N-methyl/N-ethyl adjacent to an activating group) is 1. The van der Waals surface area contributed by atoms with Gasteiger partial charge in [0.1, 0.15) is 13.2 Å². The zero-order valence-corrected chi connectivity index (χ0v) is 47.1. The molecule has 8 nitrogen and oxygen atoms in total. The highest BCUT2D eigenvalue weighted by Crippen LogP contribution is 2.38. The lowest BCUT2D eigenvalue weighted by Crippen LogP contribution is -2.45. The number of phosphoric ester groups is 1. The van der Waals surface area contributed by atoms with Crippen LogP contribution in [0.3, 0.4) is 0 Å². The van der Waals surface area contributed by atoms with Crippen LogP contribution in [0.15, 0.2) is 85.1 Å². The van der Waals surface area contributed by atoms with Crippen molar-refractivity contribution < 1.29 is 32.9 Å². The van der Waals surface area contributed by atoms with Crippen molar-refractivity contribution in [1.82, 2.24) is 5.32 Å². The number of rotatable bonds is 52. The minimum absolute atomic E-state index is 0.0105. The maximum absolute atomic E-state index is 13.0. The van der Waals surface area contributed by atoms with Crippen molar-refractivity contribution in [1.29, 1.82) is 0 Å². The lowest BCUT2D eigenvalue weighted by atomic mass is 10.0. The van der Waals surface area contributed by atoms with Gasteiger partial charge in [0.15, 0.2) is 0 Å². The number of aliphatic hydroxyl groups is 1. The van der Waals surface area contributed by atoms with Gasteiger partial charge in [0.2, 0.25) is 5.91 Å². The van der Waals surface area contributed by atoms with E-state index in [0.29, 0.717) is 17.4 Å². The second-order valence-electron chi connectivity index (χ2n) is 20.6. The molecule has 0 aromatic heterocycles. The first-order valence-electron chi connectivity index (χ1n) is 28.9. The van der Waals surface area contributed by atoms with Crippen LogP contribution in [-0.4, -0.2) is 68.5 Å². The summed E-state index contributed by atoms with van der Waals surface area (Å²) >= 11 is 0. The highest BCUT2D eigenvalue weighted by Gasteiger charge is 2.23. The topological polar surface area (TPSA) is 108 Å². The molecule has 406 valence electrons. The van der Waals surface area contributed by atoms with Gasteiger partial charge in [-0.3, -0.25) is 9.36 Å². The number of quaternary nitrogens is 1. The van der Waals surface area contributed by atoms with Gasteiger partial charge in [-0.2, -0.15) is 0 Å². The molecule has 9 heteroatoms. The van der Waals surface area contributed by atoms with Crippen molar-refractivity contribution in [3.05, 3.63) is 85.1 Å². The molecule has 1 amide bonds. The van der Waals surface area contributed by atoms with E-state index in [1.807, 2.05) is 27.2 Å². The van der Waals surface area contributed by atoms with Gasteiger partial charge in [-0.05, 0) is 70.6 Å². The van der Waals surface area contributed by atoms with Crippen LogP contribution in [0.4, 0.5) is 0 Å². The highest BCUT2D eigenvalue weighted by atomic mass is 31.2. The van der Waals surface area contributed by atoms with Crippen molar-refractivity contribution in [2.45, 2.75) is 257 Å². The number of unbranched alkanes of at least 4 members (excludes halogenated alkanes) is 27. The molecule has 0 rings (SSSR count). The summed E-state index contributed by atoms with van der Waals surface area (Å²) in [6.45, 7) is 4.53. The molecule has 0 aromatic rings. The first-order valence-corrected chi connectivity index (χ1v) is 30.4. The van der Waals surface area contributed by atoms with Gasteiger partial charge in [-0.15, -0.1) is 0 Å². The normalized spacial score (nSPS) is 14.6. The molecule has 3 atom stereocenters. The Hall–Kier alpha value is -2.32. The van der Waals surface area contributed by atoms with Gasteiger partial charge in [0, 0.05) is 6.42 Å². The molecule has 2 N–H and O–H groups in total. The fourth-order valence-corrected chi connectivity index (χ4v) is 8.82. The van der Waals surface area contributed by atoms with Crippen LogP contribution in [0, 0.1) is 0 Å². The lowest BCUT2D eigenvalue weighted by molar-refractivity contribution is -0.870. The number of allylic oxidation sites excluding steroid dienone is 13. The maximum atomic E-state index is 13.0. The van der Waals surface area contributed by atoms with Crippen LogP contribution in [0.25, 0.3) is 0 Å². The van der Waals surface area contributed by atoms with E-state index in [-0.39, 0.29) is 12.5 Å². The Morgan fingerprint density at radius 2 is 0.871 bits per heavy atom. The van der Waals surface area contributed by atoms with E-state index < -0.39 is 26.6 Å². The fourth-order valence-electron chi connectivity index (χ4n) is 8.10. The standard InChI is InChI=1S/C61H111N2O6P/c1-6-8-10-12-14-16-18-20-22-24-26-28-30-31-33-34-36-38-40-42-44-46-48-50-52-54-60(64)59(58-69-70(66,67)68-57-56-63(3,4)5)62-61(65)55-53-51-49-47-45-43-41-39-37-35-32-29-27-25-23-21-19-17-15-13-11-9-7-2/h9,11,15,17,21,23,27,29,35,37,41,43,52,54,59-60,64H,6-8,10,12-14,16,18-20,22,24-26,28,30-34,36,38-40,42,44-51,53,55-58H2,1-5H3,(H-,62,65,66,67)/b11-9-,17-15-,23-21-,29-27-,37-35-,43-41-,54-52+. The molecule has 0 aliphatic carbocycles. The number of nitrogens with zero attached hydrogens (tertiary/aromatic N) is 1. The number of phosphoric acid groups is 1. The van der Waals surface area contributed by atoms with Crippen LogP contribution in [0.5, 0.6) is 0 Å². The van der Waals surface area contributed by atoms with Crippen LogP contribution in [0.1, 0.15) is 245 Å². The van der Waals surface area contributed by atoms with Gasteiger partial charge in [0.05, 0.1) is 39.9 Å². The smallest absolute Gasteiger partial charge is 0.268 e. The maximum Gasteiger partial charge on any atom is 0.268 e. The van der Waals surface area contributed by atoms with Crippen LogP contribution in [-0.2, 0) is 18.4 Å². The Morgan fingerprint density at radius 3 is 1.27 bits per heavy atom. The highest BCUT2D eigenvalue weighted by molar-refractivity contribution is 7.45. The molecule has 3 unspecified atom stereocenters. The van der Waals surface area contributed by atoms with Crippen LogP contribution in [0.2, 0.25) is 0 Å². The van der Waals surface area contributed by atoms with Crippen molar-refractivity contribution in [2.75, 3.05) is 40.9 Å². The molecule has 0 fully saturated rings. The predicted molar refractivity (Wildman–Crippen MR) is 302 cm³/mol. The number of nitrogens with one attached hydrogen (secondary N) is 1. The quantitative estimate of drug-likeness (QED) is 0.0272. The Bertz CT molecular complexity index is 1410. The molecule has 0 saturated heterocycles. The number of carbonyl (C=O) groups is 1. The molecule has 0 heterocycles. The molecule has 0 bridgehead atoms. The third kappa shape index (κ3) is 53.5. The summed E-state index contributed by atoms with van der Waals surface area (Å²) in [5.41, 5.74) is 0. The SMILES string of the molecule is CC/C=C\C/C=C\C/C=C\C/C=C\C/C=C\C/C=C\CCCCCCC(=O)NC(COP(=O)([O-])OCC[N+](C)(C)C)C(O)/C=C/CCCCCCCCCCCCCCCCCCCCCCCCC. The van der Waals surface area contributed by atoms with E-state index in [1.165, 1.54) is 135 Å². The minimum Gasteiger partial charge on any atom is -0.756 e. The molecule has 0 aliphatic heterocycles. The van der Waals surface area contributed by atoms with Crippen LogP contribution < -0.4 is 10.2 Å². The summed E-state index contributed by atoms with van der Waals surface area (Å²) in [7, 11) is 1.23. The second-order valence-corrected chi connectivity index (χ2v) is 22.0. The zero-order valence-electron chi connectivity index (χ0n) is 46.2. The molecule has 0 aromatic carbocycles. The molecule has 0 aliphatic rings. The third-order valence-electron chi connectivity index (χ3n) is 12.6. The summed E-state index contributed by atoms with van der Waals surface area (Å²) in [6, 6.07) is -0.907. The van der Waals surface area contributed by atoms with E-state index in [4.69, 9.17) is 9.05 Å². The molecular weight excluding hydrogens is 888 g/mol. The number of hydrogen-bond donors (Lipinski definition) is 2. The summed E-state index contributed by atoms with van der Waals surface area (Å²) < 4.78 is 23.3. The van der Waals surface area contributed by atoms with Crippen molar-refractivity contribution in [2.24, 2.45) is 0 Å². The molecule has 0 spiro atoms. The van der Waals surface area contributed by atoms with Crippen molar-refractivity contribution in [3.63, 3.8) is 0 Å². The van der Waals surface area contributed by atoms with Gasteiger partial charge >= 0.3 is 0 Å². The monoisotopic (exact) mass is 999 g/mol. The zero-order chi connectivity index (χ0) is 51.3. The third-order valence-corrected chi connectivity index (χ3v) is 13.6. The average Bonchev–Trinajstić information content (AvgIpc) is 3.32. The Kier molecular flexibility index (Phi) is 49.9. The number of aliphatic hydroxyl groups excluding tert-OH is 1. The van der Waals surface area contributed by atoms with Crippen molar-refractivity contribution >= 4 is 13.7 Å². The predicted octanol–water partition coefficient (Wildman–Crippen LogP) is 17.0. The fraction of sp³-hybridized carbons (Fsp3) is 0.754. The van der Waals surface area contributed by atoms with Gasteiger partial charge in [-0.25, -0.2) is 0 Å². The average molecular weight is 1000 g/mol. The lowest BCUT2D eigenvalue weighted by Gasteiger charge is -2.29. The Morgan fingerprint density at radius 1 is 0.514 bits per heavy atom. The Labute approximate surface area is 433 Å². The van der Waals surface area contributed by atoms with E-state index in [2.05, 4.69) is 92.1 Å². The molecular formula is C61H111N2O6P. The van der Waals surface area contributed by atoms with Gasteiger partial charge < -0.3 is 28.8 Å². The number of amides is 1.